The van der Waals surface area contributed by atoms with Gasteiger partial charge >= 0.3 is 0 Å². The van der Waals surface area contributed by atoms with Gasteiger partial charge in [0, 0.05) is 44.5 Å². The summed E-state index contributed by atoms with van der Waals surface area (Å²) in [5, 5.41) is 1.31. The minimum absolute atomic E-state index is 0.216. The van der Waals surface area contributed by atoms with Crippen LogP contribution in [0.25, 0.3) is 52.7 Å². The van der Waals surface area contributed by atoms with Crippen LogP contribution in [0.3, 0.4) is 0 Å². The van der Waals surface area contributed by atoms with Crippen LogP contribution in [0.2, 0.25) is 0 Å². The average molecular weight is 711 g/mol. The first kappa shape index (κ1) is 30.2. The number of nitrogens with two attached hydrogens (primary N) is 2. The molecule has 10 heteroatoms. The van der Waals surface area contributed by atoms with E-state index in [0.29, 0.717) is 54.5 Å². The summed E-state index contributed by atoms with van der Waals surface area (Å²) in [6.07, 6.45) is 0. The number of nitrogen functional groups attached to an aromatic ring is 2. The van der Waals surface area contributed by atoms with Crippen molar-refractivity contribution in [3.8, 4) is 32.3 Å². The second-order valence-electron chi connectivity index (χ2n) is 12.7. The number of benzene rings is 6. The van der Waals surface area contributed by atoms with Crippen molar-refractivity contribution >= 4 is 77.6 Å². The topological polar surface area (TPSA) is 146 Å². The van der Waals surface area contributed by atoms with Crippen LogP contribution in [0.4, 0.5) is 11.4 Å². The third-order valence-electron chi connectivity index (χ3n) is 9.84. The van der Waals surface area contributed by atoms with E-state index in [9.17, 15) is 19.2 Å². The fourth-order valence-electron chi connectivity index (χ4n) is 7.24. The van der Waals surface area contributed by atoms with Gasteiger partial charge in [-0.05, 0) is 59.7 Å². The molecule has 0 unspecified atom stereocenters. The zero-order valence-electron chi connectivity index (χ0n) is 26.9. The Hall–Kier alpha value is -6.62. The number of anilines is 2. The number of fused-ring (bicyclic) bond motifs is 6. The number of carbonyl (C=O) groups is 4. The third kappa shape index (κ3) is 4.25. The molecular weight excluding hydrogens is 689 g/mol. The molecular formula is C42H22N4O4S2. The minimum atomic E-state index is -0.266. The number of aromatic nitrogens is 2. The van der Waals surface area contributed by atoms with Gasteiger partial charge in [-0.25, -0.2) is 9.97 Å². The van der Waals surface area contributed by atoms with E-state index in [1.54, 1.807) is 72.8 Å². The van der Waals surface area contributed by atoms with E-state index in [4.69, 9.17) is 21.4 Å². The summed E-state index contributed by atoms with van der Waals surface area (Å²) in [7, 11) is 0. The first-order valence-corrected chi connectivity index (χ1v) is 17.9. The van der Waals surface area contributed by atoms with Crippen molar-refractivity contribution in [2.24, 2.45) is 0 Å². The molecule has 10 rings (SSSR count). The summed E-state index contributed by atoms with van der Waals surface area (Å²) in [6, 6.07) is 32.5. The lowest BCUT2D eigenvalue weighted by Gasteiger charge is -2.20. The molecule has 0 atom stereocenters. The van der Waals surface area contributed by atoms with Crippen LogP contribution in [0.5, 0.6) is 0 Å². The Balaban J connectivity index is 0.991. The molecule has 2 heterocycles. The molecule has 0 aliphatic heterocycles. The fourth-order valence-corrected chi connectivity index (χ4v) is 9.33. The molecule has 0 saturated heterocycles. The highest BCUT2D eigenvalue weighted by Crippen LogP contribution is 2.42. The third-order valence-corrected chi connectivity index (χ3v) is 11.9. The smallest absolute Gasteiger partial charge is 0.196 e. The van der Waals surface area contributed by atoms with Gasteiger partial charge in [-0.1, -0.05) is 60.7 Å². The minimum Gasteiger partial charge on any atom is -0.398 e. The van der Waals surface area contributed by atoms with Crippen molar-refractivity contribution in [3.63, 3.8) is 0 Å². The van der Waals surface area contributed by atoms with Crippen molar-refractivity contribution in [2.45, 2.75) is 0 Å². The van der Waals surface area contributed by atoms with Crippen LogP contribution in [0, 0.1) is 0 Å². The Bertz CT molecular complexity index is 2770. The van der Waals surface area contributed by atoms with Gasteiger partial charge in [0.2, 0.25) is 0 Å². The molecule has 2 aliphatic rings. The van der Waals surface area contributed by atoms with Gasteiger partial charge in [-0.2, -0.15) is 0 Å². The summed E-state index contributed by atoms with van der Waals surface area (Å²) in [5.41, 5.74) is 21.0. The summed E-state index contributed by atoms with van der Waals surface area (Å²) in [6.45, 7) is 0. The molecule has 4 N–H and O–H groups in total. The second-order valence-corrected chi connectivity index (χ2v) is 14.8. The lowest BCUT2D eigenvalue weighted by molar-refractivity contribution is 0.0980. The van der Waals surface area contributed by atoms with E-state index in [0.717, 1.165) is 31.6 Å². The lowest BCUT2D eigenvalue weighted by Crippen LogP contribution is -2.22. The number of hydrogen-bond acceptors (Lipinski definition) is 10. The number of carbonyl (C=O) groups excluding carboxylic acids is 4. The molecule has 0 bridgehead atoms. The van der Waals surface area contributed by atoms with Crippen molar-refractivity contribution in [1.82, 2.24) is 9.97 Å². The van der Waals surface area contributed by atoms with Gasteiger partial charge in [0.25, 0.3) is 0 Å². The van der Waals surface area contributed by atoms with E-state index in [-0.39, 0.29) is 45.6 Å². The van der Waals surface area contributed by atoms with Crippen LogP contribution in [0.1, 0.15) is 63.7 Å². The molecule has 2 aliphatic carbocycles. The molecule has 0 fully saturated rings. The standard InChI is InChI=1S/C42H22N4O4S2/c43-35-27(13-11-25-33(35)39(49)23-7-3-1-5-21(23)37(25)47)41-45-29-15-9-19(17-31(29)51-41)20-10-16-30-32(18-20)52-42(46-30)28-14-12-26-34(36(28)44)40(50)24-8-4-2-6-22(24)38(26)48/h1-18H,43-44H2. The Labute approximate surface area is 303 Å². The maximum absolute atomic E-state index is 13.5. The highest BCUT2D eigenvalue weighted by molar-refractivity contribution is 7.22. The number of nitrogens with zero attached hydrogens (tertiary/aromatic N) is 2. The average Bonchev–Trinajstić information content (AvgIpc) is 3.79. The van der Waals surface area contributed by atoms with Gasteiger partial charge in [0.1, 0.15) is 10.0 Å². The van der Waals surface area contributed by atoms with Crippen molar-refractivity contribution in [2.75, 3.05) is 11.5 Å². The van der Waals surface area contributed by atoms with Crippen LogP contribution >= 0.6 is 22.7 Å². The van der Waals surface area contributed by atoms with Gasteiger partial charge in [0.05, 0.1) is 42.9 Å². The van der Waals surface area contributed by atoms with E-state index in [1.807, 2.05) is 24.3 Å². The van der Waals surface area contributed by atoms with E-state index >= 15 is 0 Å². The van der Waals surface area contributed by atoms with Gasteiger partial charge < -0.3 is 11.5 Å². The van der Waals surface area contributed by atoms with Gasteiger partial charge in [0.15, 0.2) is 23.1 Å². The van der Waals surface area contributed by atoms with Crippen LogP contribution in [0.15, 0.2) is 109 Å². The molecule has 0 amide bonds. The molecule has 8 nitrogen and oxygen atoms in total. The van der Waals surface area contributed by atoms with Crippen molar-refractivity contribution < 1.29 is 19.2 Å². The summed E-state index contributed by atoms with van der Waals surface area (Å²) in [4.78, 5) is 63.0. The Morgan fingerprint density at radius 2 is 0.769 bits per heavy atom. The van der Waals surface area contributed by atoms with E-state index < -0.39 is 0 Å². The van der Waals surface area contributed by atoms with Crippen molar-refractivity contribution in [3.05, 3.63) is 154 Å². The quantitative estimate of drug-likeness (QED) is 0.173. The zero-order chi connectivity index (χ0) is 35.4. The highest BCUT2D eigenvalue weighted by Gasteiger charge is 2.34. The van der Waals surface area contributed by atoms with Crippen LogP contribution in [-0.2, 0) is 0 Å². The Kier molecular flexibility index (Phi) is 6.36. The lowest BCUT2D eigenvalue weighted by atomic mass is 9.82. The SMILES string of the molecule is Nc1c(-c2nc3ccc(-c4ccc5nc(-c6ccc7c(c6N)C(=O)c6ccccc6C7=O)sc5c4)cc3s2)ccc2c1C(=O)c1ccccc1C2=O. The summed E-state index contributed by atoms with van der Waals surface area (Å²) < 4.78 is 1.87. The van der Waals surface area contributed by atoms with Gasteiger partial charge in [-0.3, -0.25) is 19.2 Å². The predicted octanol–water partition coefficient (Wildman–Crippen LogP) is 8.62. The largest absolute Gasteiger partial charge is 0.398 e. The maximum Gasteiger partial charge on any atom is 0.196 e. The second kappa shape index (κ2) is 10.9. The number of thiazole rings is 2. The number of rotatable bonds is 3. The Morgan fingerprint density at radius 3 is 1.17 bits per heavy atom. The monoisotopic (exact) mass is 710 g/mol. The van der Waals surface area contributed by atoms with Crippen LogP contribution < -0.4 is 11.5 Å². The predicted molar refractivity (Wildman–Crippen MR) is 205 cm³/mol. The van der Waals surface area contributed by atoms with E-state index in [1.165, 1.54) is 22.7 Å². The Morgan fingerprint density at radius 1 is 0.404 bits per heavy atom. The molecule has 0 radical (unpaired) electrons. The zero-order valence-corrected chi connectivity index (χ0v) is 28.5. The molecule has 2 aromatic heterocycles. The number of ketones is 4. The maximum atomic E-state index is 13.5. The summed E-state index contributed by atoms with van der Waals surface area (Å²) >= 11 is 2.93. The van der Waals surface area contributed by atoms with E-state index in [2.05, 4.69) is 12.1 Å². The number of hydrogen-bond donors (Lipinski definition) is 2. The molecule has 8 aromatic rings. The molecule has 246 valence electrons. The normalized spacial score (nSPS) is 13.3. The molecule has 0 saturated carbocycles. The summed E-state index contributed by atoms with van der Waals surface area (Å²) in [5.74, 6) is -0.964. The molecule has 52 heavy (non-hydrogen) atoms. The van der Waals surface area contributed by atoms with Gasteiger partial charge in [-0.15, -0.1) is 22.7 Å². The van der Waals surface area contributed by atoms with Crippen LogP contribution in [-0.4, -0.2) is 33.1 Å². The fraction of sp³-hybridized carbons (Fsp3) is 0. The first-order chi connectivity index (χ1) is 25.3. The highest BCUT2D eigenvalue weighted by atomic mass is 32.1. The first-order valence-electron chi connectivity index (χ1n) is 16.3. The molecule has 0 spiro atoms. The molecule has 6 aromatic carbocycles. The van der Waals surface area contributed by atoms with Crippen molar-refractivity contribution in [1.29, 1.82) is 0 Å².